The van der Waals surface area contributed by atoms with E-state index >= 15 is 0 Å². The number of nitrogens with one attached hydrogen (secondary N) is 1. The van der Waals surface area contributed by atoms with Crippen LogP contribution in [0.1, 0.15) is 40.7 Å². The third-order valence-electron chi connectivity index (χ3n) is 5.69. The van der Waals surface area contributed by atoms with Crippen molar-refractivity contribution in [2.45, 2.75) is 25.7 Å². The minimum absolute atomic E-state index is 0.0516. The second-order valence-corrected chi connectivity index (χ2v) is 7.95. The summed E-state index contributed by atoms with van der Waals surface area (Å²) in [5, 5.41) is 3.02. The van der Waals surface area contributed by atoms with Crippen LogP contribution in [0.4, 0.5) is 0 Å². The zero-order valence-electron chi connectivity index (χ0n) is 17.4. The van der Waals surface area contributed by atoms with Gasteiger partial charge in [0.15, 0.2) is 0 Å². The lowest BCUT2D eigenvalue weighted by atomic mass is 10.0. The van der Waals surface area contributed by atoms with Crippen molar-refractivity contribution in [1.82, 2.24) is 15.2 Å². The van der Waals surface area contributed by atoms with Gasteiger partial charge in [-0.1, -0.05) is 61.0 Å². The van der Waals surface area contributed by atoms with Gasteiger partial charge in [0.05, 0.1) is 11.3 Å². The summed E-state index contributed by atoms with van der Waals surface area (Å²) in [6.45, 7) is 3.91. The van der Waals surface area contributed by atoms with Gasteiger partial charge in [0.2, 0.25) is 0 Å². The summed E-state index contributed by atoms with van der Waals surface area (Å²) in [6, 6.07) is 22.7. The van der Waals surface area contributed by atoms with E-state index in [9.17, 15) is 4.79 Å². The Labute approximate surface area is 179 Å². The van der Waals surface area contributed by atoms with Gasteiger partial charge in [0.25, 0.3) is 5.91 Å². The third-order valence-corrected chi connectivity index (χ3v) is 5.69. The Hall–Kier alpha value is -2.98. The van der Waals surface area contributed by atoms with Crippen molar-refractivity contribution >= 4 is 5.91 Å². The molecule has 1 aliphatic rings. The van der Waals surface area contributed by atoms with E-state index in [1.54, 1.807) is 6.20 Å². The van der Waals surface area contributed by atoms with Crippen LogP contribution in [0.2, 0.25) is 0 Å². The van der Waals surface area contributed by atoms with Crippen molar-refractivity contribution in [3.05, 3.63) is 89.6 Å². The SMILES string of the molecule is O=C(NCCN1CCCCC1)c1ccc(-c2ccc(Cc3ccccc3)cc2)nc1. The fourth-order valence-electron chi connectivity index (χ4n) is 3.94. The van der Waals surface area contributed by atoms with E-state index in [4.69, 9.17) is 0 Å². The monoisotopic (exact) mass is 399 g/mol. The molecule has 1 amide bonds. The molecule has 1 fully saturated rings. The molecule has 4 heteroatoms. The first kappa shape index (κ1) is 20.3. The van der Waals surface area contributed by atoms with E-state index in [0.717, 1.165) is 37.3 Å². The second kappa shape index (κ2) is 10.2. The highest BCUT2D eigenvalue weighted by Gasteiger charge is 2.11. The first-order valence-corrected chi connectivity index (χ1v) is 10.9. The van der Waals surface area contributed by atoms with Crippen molar-refractivity contribution in [2.75, 3.05) is 26.2 Å². The molecule has 30 heavy (non-hydrogen) atoms. The molecule has 1 aliphatic heterocycles. The van der Waals surface area contributed by atoms with Crippen molar-refractivity contribution < 1.29 is 4.79 Å². The minimum Gasteiger partial charge on any atom is -0.351 e. The number of rotatable bonds is 7. The summed E-state index contributed by atoms with van der Waals surface area (Å²) in [4.78, 5) is 19.3. The van der Waals surface area contributed by atoms with Crippen LogP contribution in [0.3, 0.4) is 0 Å². The number of carbonyl (C=O) groups is 1. The van der Waals surface area contributed by atoms with Gasteiger partial charge in [-0.05, 0) is 55.6 Å². The normalized spacial score (nSPS) is 14.4. The molecule has 3 aromatic rings. The Bertz CT molecular complexity index is 930. The number of amides is 1. The maximum absolute atomic E-state index is 12.4. The molecular weight excluding hydrogens is 370 g/mol. The molecule has 0 bridgehead atoms. The van der Waals surface area contributed by atoms with Gasteiger partial charge in [-0.15, -0.1) is 0 Å². The predicted molar refractivity (Wildman–Crippen MR) is 122 cm³/mol. The second-order valence-electron chi connectivity index (χ2n) is 7.95. The molecule has 4 rings (SSSR count). The van der Waals surface area contributed by atoms with E-state index in [2.05, 4.69) is 63.7 Å². The molecule has 0 unspecified atom stereocenters. The summed E-state index contributed by atoms with van der Waals surface area (Å²) in [5.41, 5.74) is 5.13. The standard InChI is InChI=1S/C26H29N3O/c30-26(27-15-18-29-16-5-2-6-17-29)24-13-14-25(28-20-24)23-11-9-22(10-12-23)19-21-7-3-1-4-8-21/h1,3-4,7-14,20H,2,5-6,15-19H2,(H,27,30). The fourth-order valence-corrected chi connectivity index (χ4v) is 3.94. The lowest BCUT2D eigenvalue weighted by Crippen LogP contribution is -2.37. The van der Waals surface area contributed by atoms with Crippen LogP contribution >= 0.6 is 0 Å². The van der Waals surface area contributed by atoms with Crippen LogP contribution in [0.5, 0.6) is 0 Å². The molecule has 1 N–H and O–H groups in total. The Balaban J connectivity index is 1.30. The maximum atomic E-state index is 12.4. The van der Waals surface area contributed by atoms with Crippen molar-refractivity contribution in [3.8, 4) is 11.3 Å². The summed E-state index contributed by atoms with van der Waals surface area (Å²) in [6.07, 6.45) is 6.46. The molecule has 0 radical (unpaired) electrons. The Morgan fingerprint density at radius 2 is 1.60 bits per heavy atom. The molecule has 154 valence electrons. The Morgan fingerprint density at radius 3 is 2.30 bits per heavy atom. The first-order chi connectivity index (χ1) is 14.8. The number of carbonyl (C=O) groups excluding carboxylic acids is 1. The molecular formula is C26H29N3O. The smallest absolute Gasteiger partial charge is 0.252 e. The number of piperidine rings is 1. The number of pyridine rings is 1. The lowest BCUT2D eigenvalue weighted by Gasteiger charge is -2.26. The van der Waals surface area contributed by atoms with Crippen molar-refractivity contribution in [3.63, 3.8) is 0 Å². The van der Waals surface area contributed by atoms with Crippen LogP contribution in [0.25, 0.3) is 11.3 Å². The Kier molecular flexibility index (Phi) is 6.88. The number of hydrogen-bond donors (Lipinski definition) is 1. The topological polar surface area (TPSA) is 45.2 Å². The van der Waals surface area contributed by atoms with Crippen LogP contribution in [0.15, 0.2) is 72.9 Å². The molecule has 1 aromatic heterocycles. The lowest BCUT2D eigenvalue weighted by molar-refractivity contribution is 0.0946. The van der Waals surface area contributed by atoms with E-state index in [-0.39, 0.29) is 5.91 Å². The van der Waals surface area contributed by atoms with Gasteiger partial charge in [0.1, 0.15) is 0 Å². The van der Waals surface area contributed by atoms with E-state index in [1.807, 2.05) is 18.2 Å². The zero-order chi connectivity index (χ0) is 20.6. The first-order valence-electron chi connectivity index (χ1n) is 10.9. The van der Waals surface area contributed by atoms with E-state index in [0.29, 0.717) is 12.1 Å². The number of benzene rings is 2. The molecule has 4 nitrogen and oxygen atoms in total. The van der Waals surface area contributed by atoms with Gasteiger partial charge in [0, 0.05) is 24.8 Å². The van der Waals surface area contributed by atoms with Gasteiger partial charge in [-0.25, -0.2) is 0 Å². The van der Waals surface area contributed by atoms with Gasteiger partial charge in [-0.2, -0.15) is 0 Å². The number of nitrogens with zero attached hydrogens (tertiary/aromatic N) is 2. The molecule has 2 heterocycles. The molecule has 1 saturated heterocycles. The van der Waals surface area contributed by atoms with Crippen LogP contribution in [-0.4, -0.2) is 42.0 Å². The quantitative estimate of drug-likeness (QED) is 0.634. The maximum Gasteiger partial charge on any atom is 0.252 e. The van der Waals surface area contributed by atoms with Crippen LogP contribution < -0.4 is 5.32 Å². The van der Waals surface area contributed by atoms with E-state index < -0.39 is 0 Å². The fraction of sp³-hybridized carbons (Fsp3) is 0.308. The Morgan fingerprint density at radius 1 is 0.867 bits per heavy atom. The average molecular weight is 400 g/mol. The molecule has 2 aromatic carbocycles. The van der Waals surface area contributed by atoms with Gasteiger partial charge < -0.3 is 10.2 Å². The number of hydrogen-bond acceptors (Lipinski definition) is 3. The molecule has 0 spiro atoms. The highest BCUT2D eigenvalue weighted by atomic mass is 16.1. The van der Waals surface area contributed by atoms with Crippen LogP contribution in [0, 0.1) is 0 Å². The summed E-state index contributed by atoms with van der Waals surface area (Å²) in [7, 11) is 0. The van der Waals surface area contributed by atoms with Crippen molar-refractivity contribution in [1.29, 1.82) is 0 Å². The minimum atomic E-state index is -0.0516. The molecule has 0 aliphatic carbocycles. The summed E-state index contributed by atoms with van der Waals surface area (Å²) in [5.74, 6) is -0.0516. The molecule has 0 saturated carbocycles. The largest absolute Gasteiger partial charge is 0.351 e. The van der Waals surface area contributed by atoms with Gasteiger partial charge >= 0.3 is 0 Å². The average Bonchev–Trinajstić information content (AvgIpc) is 2.81. The third kappa shape index (κ3) is 5.55. The predicted octanol–water partition coefficient (Wildman–Crippen LogP) is 4.56. The highest BCUT2D eigenvalue weighted by molar-refractivity contribution is 5.94. The van der Waals surface area contributed by atoms with Crippen molar-refractivity contribution in [2.24, 2.45) is 0 Å². The summed E-state index contributed by atoms with van der Waals surface area (Å²) < 4.78 is 0. The number of likely N-dealkylation sites (tertiary alicyclic amines) is 1. The van der Waals surface area contributed by atoms with E-state index in [1.165, 1.54) is 30.4 Å². The summed E-state index contributed by atoms with van der Waals surface area (Å²) >= 11 is 0. The molecule has 0 atom stereocenters. The number of aromatic nitrogens is 1. The van der Waals surface area contributed by atoms with Crippen LogP contribution in [-0.2, 0) is 6.42 Å². The van der Waals surface area contributed by atoms with Gasteiger partial charge in [-0.3, -0.25) is 9.78 Å². The highest BCUT2D eigenvalue weighted by Crippen LogP contribution is 2.19. The zero-order valence-corrected chi connectivity index (χ0v) is 17.4.